The molecule has 4 atom stereocenters. The molecular weight excluding hydrogens is 578 g/mol. The zero-order valence-electron chi connectivity index (χ0n) is 24.2. The number of nitrogens with one attached hydrogen (secondary N) is 1. The third-order valence-corrected chi connectivity index (χ3v) is 8.42. The van der Waals surface area contributed by atoms with Crippen molar-refractivity contribution >= 4 is 11.6 Å². The molecule has 2 fully saturated rings. The number of nitrogens with two attached hydrogens (primary N) is 1. The van der Waals surface area contributed by atoms with Crippen LogP contribution < -0.4 is 11.1 Å². The van der Waals surface area contributed by atoms with Crippen molar-refractivity contribution in [2.24, 2.45) is 11.7 Å². The SMILES string of the molecule is C[C@H]1C[C@@H](c2ccncc2NC(=O)c2ccc(F)c(-c3c(F)cc(C4(F)CCOCC4)cc3F)n2)C[C@@H](N)[C@H]1OCCC#N. The summed E-state index contributed by atoms with van der Waals surface area (Å²) in [4.78, 5) is 21.4. The smallest absolute Gasteiger partial charge is 0.274 e. The Balaban J connectivity index is 1.37. The van der Waals surface area contributed by atoms with Crippen LogP contribution in [0.1, 0.15) is 66.6 Å². The molecule has 0 unspecified atom stereocenters. The van der Waals surface area contributed by atoms with E-state index in [0.717, 1.165) is 29.8 Å². The molecule has 1 saturated carbocycles. The molecule has 5 rings (SSSR count). The van der Waals surface area contributed by atoms with Gasteiger partial charge in [0.2, 0.25) is 0 Å². The van der Waals surface area contributed by atoms with Crippen LogP contribution in [0.5, 0.6) is 0 Å². The van der Waals surface area contributed by atoms with Crippen LogP contribution in [-0.4, -0.2) is 47.8 Å². The Bertz CT molecular complexity index is 1520. The number of alkyl halides is 1. The first-order chi connectivity index (χ1) is 21.1. The molecule has 0 radical (unpaired) electrons. The van der Waals surface area contributed by atoms with Crippen LogP contribution in [0.25, 0.3) is 11.3 Å². The van der Waals surface area contributed by atoms with E-state index in [1.54, 1.807) is 12.3 Å². The highest BCUT2D eigenvalue weighted by Gasteiger charge is 2.37. The normalized spacial score (nSPS) is 23.1. The lowest BCUT2D eigenvalue weighted by atomic mass is 9.74. The van der Waals surface area contributed by atoms with Crippen molar-refractivity contribution in [3.05, 3.63) is 77.0 Å². The number of nitrogens with zero attached hydrogens (tertiary/aromatic N) is 3. The standard InChI is InChI=1S/C32H33F4N5O3/c1-18-13-19(14-25(38)30(18)44-10-2-8-37)21-5-9-39-17-27(21)41-31(42)26-4-3-22(33)29(40-26)28-23(34)15-20(16-24(28)35)32(36)6-11-43-12-7-32/h3-5,9,15-19,25,30H,2,6-7,10-14,38H2,1H3,(H,41,42)/t18-,19+,25+,30-/m0/s1. The number of nitriles is 1. The molecule has 2 aromatic heterocycles. The van der Waals surface area contributed by atoms with Crippen LogP contribution >= 0.6 is 0 Å². The first-order valence-electron chi connectivity index (χ1n) is 14.5. The second-order valence-electron chi connectivity index (χ2n) is 11.4. The Morgan fingerprint density at radius 1 is 1.16 bits per heavy atom. The number of rotatable bonds is 8. The zero-order chi connectivity index (χ0) is 31.4. The Hall–Kier alpha value is -3.92. The van der Waals surface area contributed by atoms with Crippen LogP contribution in [0.2, 0.25) is 0 Å². The van der Waals surface area contributed by atoms with Gasteiger partial charge in [-0.15, -0.1) is 0 Å². The number of benzene rings is 1. The first-order valence-corrected chi connectivity index (χ1v) is 14.5. The van der Waals surface area contributed by atoms with Gasteiger partial charge in [-0.25, -0.2) is 22.5 Å². The molecule has 1 amide bonds. The number of halogens is 4. The van der Waals surface area contributed by atoms with Crippen LogP contribution in [0.3, 0.4) is 0 Å². The third kappa shape index (κ3) is 6.60. The van der Waals surface area contributed by atoms with E-state index in [1.807, 2.05) is 6.92 Å². The second kappa shape index (κ2) is 13.4. The summed E-state index contributed by atoms with van der Waals surface area (Å²) in [5, 5.41) is 11.6. The Morgan fingerprint density at radius 3 is 2.57 bits per heavy atom. The van der Waals surface area contributed by atoms with Crippen LogP contribution in [-0.2, 0) is 15.1 Å². The van der Waals surface area contributed by atoms with E-state index in [-0.39, 0.29) is 67.7 Å². The lowest BCUT2D eigenvalue weighted by Crippen LogP contribution is -2.46. The lowest BCUT2D eigenvalue weighted by Gasteiger charge is -2.39. The molecule has 1 aliphatic heterocycles. The molecule has 1 saturated heterocycles. The van der Waals surface area contributed by atoms with Gasteiger partial charge in [-0.3, -0.25) is 9.78 Å². The number of aromatic nitrogens is 2. The molecule has 0 bridgehead atoms. The Labute approximate surface area is 252 Å². The molecule has 44 heavy (non-hydrogen) atoms. The minimum Gasteiger partial charge on any atom is -0.381 e. The number of hydrogen-bond donors (Lipinski definition) is 2. The fraction of sp³-hybridized carbons (Fsp3) is 0.438. The van der Waals surface area contributed by atoms with E-state index in [2.05, 4.69) is 21.4 Å². The summed E-state index contributed by atoms with van der Waals surface area (Å²) >= 11 is 0. The predicted octanol–water partition coefficient (Wildman–Crippen LogP) is 5.93. The molecular formula is C32H33F4N5O3. The molecule has 3 heterocycles. The summed E-state index contributed by atoms with van der Waals surface area (Å²) in [5.74, 6) is -4.14. The van der Waals surface area contributed by atoms with Gasteiger partial charge in [0.15, 0.2) is 0 Å². The quantitative estimate of drug-likeness (QED) is 0.239. The fourth-order valence-electron chi connectivity index (χ4n) is 6.18. The Kier molecular flexibility index (Phi) is 9.58. The molecule has 1 aromatic carbocycles. The summed E-state index contributed by atoms with van der Waals surface area (Å²) < 4.78 is 71.7. The van der Waals surface area contributed by atoms with Crippen LogP contribution in [0.15, 0.2) is 42.7 Å². The number of ether oxygens (including phenoxy) is 2. The van der Waals surface area contributed by atoms with E-state index in [4.69, 9.17) is 20.5 Å². The minimum absolute atomic E-state index is 0.0397. The maximum atomic E-state index is 15.4. The van der Waals surface area contributed by atoms with Gasteiger partial charge in [0, 0.05) is 38.3 Å². The molecule has 1 aliphatic carbocycles. The van der Waals surface area contributed by atoms with E-state index in [0.29, 0.717) is 25.1 Å². The van der Waals surface area contributed by atoms with Gasteiger partial charge >= 0.3 is 0 Å². The average Bonchev–Trinajstić information content (AvgIpc) is 2.99. The van der Waals surface area contributed by atoms with Crippen molar-refractivity contribution in [2.75, 3.05) is 25.1 Å². The van der Waals surface area contributed by atoms with Gasteiger partial charge in [0.25, 0.3) is 5.91 Å². The second-order valence-corrected chi connectivity index (χ2v) is 11.4. The maximum Gasteiger partial charge on any atom is 0.274 e. The van der Waals surface area contributed by atoms with Gasteiger partial charge in [-0.05, 0) is 66.1 Å². The van der Waals surface area contributed by atoms with Crippen molar-refractivity contribution in [2.45, 2.75) is 62.8 Å². The minimum atomic E-state index is -1.97. The fourth-order valence-corrected chi connectivity index (χ4v) is 6.18. The molecule has 12 heteroatoms. The number of carbonyl (C=O) groups excluding carboxylic acids is 1. The van der Waals surface area contributed by atoms with Crippen molar-refractivity contribution in [3.63, 3.8) is 0 Å². The molecule has 232 valence electrons. The average molecular weight is 612 g/mol. The van der Waals surface area contributed by atoms with E-state index in [9.17, 15) is 9.18 Å². The highest BCUT2D eigenvalue weighted by molar-refractivity contribution is 6.03. The summed E-state index contributed by atoms with van der Waals surface area (Å²) in [6.07, 6.45) is 4.29. The summed E-state index contributed by atoms with van der Waals surface area (Å²) in [6, 6.07) is 7.23. The molecule has 8 nitrogen and oxygen atoms in total. The molecule has 2 aliphatic rings. The van der Waals surface area contributed by atoms with E-state index in [1.165, 1.54) is 6.20 Å². The van der Waals surface area contributed by atoms with Crippen molar-refractivity contribution in [1.82, 2.24) is 9.97 Å². The van der Waals surface area contributed by atoms with Crippen LogP contribution in [0.4, 0.5) is 23.2 Å². The largest absolute Gasteiger partial charge is 0.381 e. The number of hydrogen-bond acceptors (Lipinski definition) is 7. The summed E-state index contributed by atoms with van der Waals surface area (Å²) in [6.45, 7) is 2.54. The van der Waals surface area contributed by atoms with Crippen molar-refractivity contribution < 1.29 is 31.8 Å². The number of pyridine rings is 2. The topological polar surface area (TPSA) is 123 Å². The predicted molar refractivity (Wildman–Crippen MR) is 154 cm³/mol. The van der Waals surface area contributed by atoms with Gasteiger partial charge in [0.05, 0.1) is 42.6 Å². The highest BCUT2D eigenvalue weighted by Crippen LogP contribution is 2.41. The third-order valence-electron chi connectivity index (χ3n) is 8.42. The monoisotopic (exact) mass is 611 g/mol. The van der Waals surface area contributed by atoms with Crippen molar-refractivity contribution in [3.8, 4) is 17.3 Å². The maximum absolute atomic E-state index is 15.4. The van der Waals surface area contributed by atoms with E-state index < -0.39 is 40.3 Å². The van der Waals surface area contributed by atoms with Gasteiger partial charge in [-0.1, -0.05) is 6.92 Å². The number of amides is 1. The molecule has 0 spiro atoms. The van der Waals surface area contributed by atoms with Crippen LogP contribution in [0, 0.1) is 34.7 Å². The van der Waals surface area contributed by atoms with E-state index >= 15 is 13.2 Å². The van der Waals surface area contributed by atoms with Crippen molar-refractivity contribution in [1.29, 1.82) is 5.26 Å². The van der Waals surface area contributed by atoms with Gasteiger partial charge < -0.3 is 20.5 Å². The highest BCUT2D eigenvalue weighted by atomic mass is 19.1. The summed E-state index contributed by atoms with van der Waals surface area (Å²) in [7, 11) is 0. The first kappa shape index (κ1) is 31.5. The molecule has 3 N–H and O–H groups in total. The summed E-state index contributed by atoms with van der Waals surface area (Å²) in [5.41, 5.74) is 3.66. The number of anilines is 1. The molecule has 3 aromatic rings. The Morgan fingerprint density at radius 2 is 1.89 bits per heavy atom. The van der Waals surface area contributed by atoms with Gasteiger partial charge in [-0.2, -0.15) is 5.26 Å². The number of carbonyl (C=O) groups is 1. The lowest BCUT2D eigenvalue weighted by molar-refractivity contribution is -0.0198. The zero-order valence-corrected chi connectivity index (χ0v) is 24.2. The van der Waals surface area contributed by atoms with Gasteiger partial charge in [0.1, 0.15) is 34.5 Å².